The van der Waals surface area contributed by atoms with E-state index in [1.165, 1.54) is 19.2 Å². The Morgan fingerprint density at radius 2 is 1.92 bits per heavy atom. The summed E-state index contributed by atoms with van der Waals surface area (Å²) in [5, 5.41) is 11.2. The Hall–Kier alpha value is -3.09. The second-order valence-electron chi connectivity index (χ2n) is 5.27. The number of rotatable bonds is 7. The number of nitro benzene ring substituents is 1. The maximum absolute atomic E-state index is 12.7. The third-order valence-electron chi connectivity index (χ3n) is 3.66. The van der Waals surface area contributed by atoms with Crippen molar-refractivity contribution >= 4 is 17.3 Å². The number of nitrogens with zero attached hydrogens (tertiary/aromatic N) is 2. The number of amides is 1. The van der Waals surface area contributed by atoms with E-state index in [1.807, 2.05) is 37.3 Å². The van der Waals surface area contributed by atoms with Gasteiger partial charge in [-0.25, -0.2) is 0 Å². The van der Waals surface area contributed by atoms with Crippen LogP contribution in [-0.4, -0.2) is 30.6 Å². The molecule has 0 aliphatic heterocycles. The fourth-order valence-electron chi connectivity index (χ4n) is 2.40. The van der Waals surface area contributed by atoms with E-state index in [-0.39, 0.29) is 17.3 Å². The fraction of sp³-hybridized carbons (Fsp3) is 0.278. The predicted octanol–water partition coefficient (Wildman–Crippen LogP) is 3.42. The van der Waals surface area contributed by atoms with Gasteiger partial charge in [-0.2, -0.15) is 0 Å². The fourth-order valence-corrected chi connectivity index (χ4v) is 2.40. The summed E-state index contributed by atoms with van der Waals surface area (Å²) < 4.78 is 10.6. The summed E-state index contributed by atoms with van der Waals surface area (Å²) in [6.07, 6.45) is -0.882. The summed E-state index contributed by atoms with van der Waals surface area (Å²) >= 11 is 0. The molecule has 0 spiro atoms. The summed E-state index contributed by atoms with van der Waals surface area (Å²) in [6.45, 7) is 3.89. The van der Waals surface area contributed by atoms with E-state index in [4.69, 9.17) is 9.47 Å². The lowest BCUT2D eigenvalue weighted by atomic mass is 10.2. The molecule has 25 heavy (non-hydrogen) atoms. The lowest BCUT2D eigenvalue weighted by Gasteiger charge is -2.25. The van der Waals surface area contributed by atoms with Crippen LogP contribution in [0.4, 0.5) is 11.4 Å². The van der Waals surface area contributed by atoms with Crippen LogP contribution in [0, 0.1) is 10.1 Å². The molecular formula is C18H20N2O5. The van der Waals surface area contributed by atoms with Crippen molar-refractivity contribution in [3.05, 3.63) is 58.6 Å². The number of ether oxygens (including phenoxy) is 2. The Morgan fingerprint density at radius 3 is 2.48 bits per heavy atom. The molecule has 0 radical (unpaired) electrons. The molecule has 132 valence electrons. The van der Waals surface area contributed by atoms with Crippen molar-refractivity contribution in [1.29, 1.82) is 0 Å². The zero-order valence-electron chi connectivity index (χ0n) is 14.3. The number of nitro groups is 1. The number of methoxy groups -OCH3 is 1. The first kappa shape index (κ1) is 18.3. The average Bonchev–Trinajstić information content (AvgIpc) is 2.63. The van der Waals surface area contributed by atoms with Gasteiger partial charge in [-0.1, -0.05) is 18.2 Å². The van der Waals surface area contributed by atoms with Crippen molar-refractivity contribution in [3.63, 3.8) is 0 Å². The Kier molecular flexibility index (Phi) is 5.94. The number of hydrogen-bond acceptors (Lipinski definition) is 5. The third kappa shape index (κ3) is 4.26. The molecule has 7 heteroatoms. The lowest BCUT2D eigenvalue weighted by Crippen LogP contribution is -2.40. The molecule has 0 fully saturated rings. The maximum Gasteiger partial charge on any atom is 0.314 e. The molecule has 0 saturated carbocycles. The Labute approximate surface area is 145 Å². The highest BCUT2D eigenvalue weighted by molar-refractivity contribution is 5.96. The highest BCUT2D eigenvalue weighted by Crippen LogP contribution is 2.32. The highest BCUT2D eigenvalue weighted by Gasteiger charge is 2.25. The number of carbonyl (C=O) groups is 1. The van der Waals surface area contributed by atoms with Crippen LogP contribution in [0.3, 0.4) is 0 Å². The minimum atomic E-state index is -0.882. The Balaban J connectivity index is 2.22. The standard InChI is InChI=1S/C18H20N2O5/c1-4-19(14-8-6-5-7-9-14)18(21)13(2)25-17-11-10-15(24-3)12-16(17)20(22)23/h5-13H,4H2,1-3H3/t13-/m1/s1. The van der Waals surface area contributed by atoms with Crippen molar-refractivity contribution in [2.45, 2.75) is 20.0 Å². The van der Waals surface area contributed by atoms with Gasteiger partial charge in [0.25, 0.3) is 5.91 Å². The quantitative estimate of drug-likeness (QED) is 0.568. The third-order valence-corrected chi connectivity index (χ3v) is 3.66. The second-order valence-corrected chi connectivity index (χ2v) is 5.27. The van der Waals surface area contributed by atoms with Crippen LogP contribution in [0.15, 0.2) is 48.5 Å². The van der Waals surface area contributed by atoms with Crippen molar-refractivity contribution in [2.75, 3.05) is 18.6 Å². The van der Waals surface area contributed by atoms with Crippen LogP contribution in [0.25, 0.3) is 0 Å². The van der Waals surface area contributed by atoms with Crippen molar-refractivity contribution in [2.24, 2.45) is 0 Å². The van der Waals surface area contributed by atoms with E-state index in [0.29, 0.717) is 12.3 Å². The minimum absolute atomic E-state index is 0.0239. The molecule has 0 N–H and O–H groups in total. The molecule has 0 heterocycles. The largest absolute Gasteiger partial charge is 0.496 e. The Morgan fingerprint density at radius 1 is 1.24 bits per heavy atom. The summed E-state index contributed by atoms with van der Waals surface area (Å²) in [7, 11) is 1.42. The van der Waals surface area contributed by atoms with Gasteiger partial charge in [0.15, 0.2) is 11.9 Å². The summed E-state index contributed by atoms with van der Waals surface area (Å²) in [5.41, 5.74) is 0.497. The van der Waals surface area contributed by atoms with Crippen molar-refractivity contribution in [3.8, 4) is 11.5 Å². The van der Waals surface area contributed by atoms with Gasteiger partial charge in [0.1, 0.15) is 5.75 Å². The molecule has 0 aromatic heterocycles. The molecule has 0 bridgehead atoms. The minimum Gasteiger partial charge on any atom is -0.496 e. The number of likely N-dealkylation sites (N-methyl/N-ethyl adjacent to an activating group) is 1. The number of anilines is 1. The summed E-state index contributed by atoms with van der Waals surface area (Å²) in [5.74, 6) is 0.0899. The van der Waals surface area contributed by atoms with Gasteiger partial charge in [0, 0.05) is 12.2 Å². The Bertz CT molecular complexity index is 748. The van der Waals surface area contributed by atoms with Gasteiger partial charge in [-0.3, -0.25) is 14.9 Å². The molecule has 0 saturated heterocycles. The van der Waals surface area contributed by atoms with E-state index in [1.54, 1.807) is 17.9 Å². The zero-order chi connectivity index (χ0) is 18.4. The first-order chi connectivity index (χ1) is 12.0. The monoisotopic (exact) mass is 344 g/mol. The SMILES string of the molecule is CCN(C(=O)[C@@H](C)Oc1ccc(OC)cc1[N+](=O)[O-])c1ccccc1. The van der Waals surface area contributed by atoms with Crippen LogP contribution >= 0.6 is 0 Å². The predicted molar refractivity (Wildman–Crippen MR) is 94.2 cm³/mol. The average molecular weight is 344 g/mol. The van der Waals surface area contributed by atoms with Gasteiger partial charge in [-0.05, 0) is 38.1 Å². The van der Waals surface area contributed by atoms with Gasteiger partial charge in [0.2, 0.25) is 0 Å². The van der Waals surface area contributed by atoms with Gasteiger partial charge >= 0.3 is 5.69 Å². The van der Waals surface area contributed by atoms with Gasteiger partial charge < -0.3 is 14.4 Å². The molecule has 1 amide bonds. The van der Waals surface area contributed by atoms with Gasteiger partial charge in [-0.15, -0.1) is 0 Å². The summed E-state index contributed by atoms with van der Waals surface area (Å²) in [6, 6.07) is 13.4. The maximum atomic E-state index is 12.7. The molecule has 7 nitrogen and oxygen atoms in total. The van der Waals surface area contributed by atoms with Crippen LogP contribution in [0.2, 0.25) is 0 Å². The molecular weight excluding hydrogens is 324 g/mol. The van der Waals surface area contributed by atoms with E-state index < -0.39 is 11.0 Å². The molecule has 2 aromatic carbocycles. The highest BCUT2D eigenvalue weighted by atomic mass is 16.6. The number of carbonyl (C=O) groups excluding carboxylic acids is 1. The molecule has 0 aliphatic carbocycles. The van der Waals surface area contributed by atoms with E-state index in [2.05, 4.69) is 0 Å². The van der Waals surface area contributed by atoms with Crippen LogP contribution in [-0.2, 0) is 4.79 Å². The molecule has 1 atom stereocenters. The van der Waals surface area contributed by atoms with Crippen molar-refractivity contribution < 1.29 is 19.2 Å². The van der Waals surface area contributed by atoms with E-state index in [0.717, 1.165) is 5.69 Å². The zero-order valence-corrected chi connectivity index (χ0v) is 14.3. The number of hydrogen-bond donors (Lipinski definition) is 0. The normalized spacial score (nSPS) is 11.5. The van der Waals surface area contributed by atoms with Crippen LogP contribution < -0.4 is 14.4 Å². The molecule has 2 rings (SSSR count). The van der Waals surface area contributed by atoms with Crippen molar-refractivity contribution in [1.82, 2.24) is 0 Å². The lowest BCUT2D eigenvalue weighted by molar-refractivity contribution is -0.386. The molecule has 0 unspecified atom stereocenters. The van der Waals surface area contributed by atoms with Crippen LogP contribution in [0.1, 0.15) is 13.8 Å². The summed E-state index contributed by atoms with van der Waals surface area (Å²) in [4.78, 5) is 24.9. The van der Waals surface area contributed by atoms with Crippen LogP contribution in [0.5, 0.6) is 11.5 Å². The van der Waals surface area contributed by atoms with E-state index in [9.17, 15) is 14.9 Å². The second kappa shape index (κ2) is 8.14. The molecule has 0 aliphatic rings. The topological polar surface area (TPSA) is 81.9 Å². The first-order valence-electron chi connectivity index (χ1n) is 7.83. The van der Waals surface area contributed by atoms with Gasteiger partial charge in [0.05, 0.1) is 18.1 Å². The molecule has 2 aromatic rings. The number of para-hydroxylation sites is 1. The smallest absolute Gasteiger partial charge is 0.314 e. The van der Waals surface area contributed by atoms with E-state index >= 15 is 0 Å². The number of benzene rings is 2. The first-order valence-corrected chi connectivity index (χ1v) is 7.83.